The number of carbonyl (C=O) groups is 1. The van der Waals surface area contributed by atoms with E-state index in [-0.39, 0.29) is 11.2 Å². The van der Waals surface area contributed by atoms with E-state index in [1.54, 1.807) is 18.6 Å². The van der Waals surface area contributed by atoms with Crippen molar-refractivity contribution in [3.8, 4) is 11.3 Å². The highest BCUT2D eigenvalue weighted by Gasteiger charge is 2.35. The lowest BCUT2D eigenvalue weighted by Crippen LogP contribution is -2.26. The third kappa shape index (κ3) is 2.78. The van der Waals surface area contributed by atoms with Crippen molar-refractivity contribution in [2.75, 3.05) is 5.32 Å². The van der Waals surface area contributed by atoms with Crippen LogP contribution in [0.2, 0.25) is 0 Å². The van der Waals surface area contributed by atoms with Crippen LogP contribution in [0, 0.1) is 5.41 Å². The molecule has 6 heteroatoms. The molecule has 3 aromatic heterocycles. The maximum Gasteiger partial charge on any atom is 0.167 e. The average Bonchev–Trinajstić information content (AvgIpc) is 3.26. The highest BCUT2D eigenvalue weighted by atomic mass is 16.1. The maximum atomic E-state index is 13.0. The number of benzene rings is 1. The maximum absolute atomic E-state index is 13.0. The second-order valence-corrected chi connectivity index (χ2v) is 8.20. The third-order valence-electron chi connectivity index (χ3n) is 5.33. The first kappa shape index (κ1) is 16.7. The number of nitrogens with zero attached hydrogens (tertiary/aromatic N) is 2. The van der Waals surface area contributed by atoms with Crippen LogP contribution in [0.3, 0.4) is 0 Å². The SMILES string of the molecule is CC1(C)CC(=O)c2c([nH]c(-c3ccncc3)c2Nc2ccc3[nH]ncc3c2)C1. The molecule has 6 nitrogen and oxygen atoms in total. The van der Waals surface area contributed by atoms with Crippen molar-refractivity contribution in [1.29, 1.82) is 0 Å². The van der Waals surface area contributed by atoms with Crippen LogP contribution in [-0.4, -0.2) is 25.9 Å². The lowest BCUT2D eigenvalue weighted by atomic mass is 9.76. The lowest BCUT2D eigenvalue weighted by molar-refractivity contribution is 0.0912. The number of hydrogen-bond acceptors (Lipinski definition) is 4. The molecule has 0 saturated carbocycles. The predicted molar refractivity (Wildman–Crippen MR) is 110 cm³/mol. The number of nitrogens with one attached hydrogen (secondary N) is 3. The summed E-state index contributed by atoms with van der Waals surface area (Å²) in [5.74, 6) is 0.176. The smallest absolute Gasteiger partial charge is 0.167 e. The number of aromatic amines is 2. The summed E-state index contributed by atoms with van der Waals surface area (Å²) in [6.07, 6.45) is 6.71. The van der Waals surface area contributed by atoms with Gasteiger partial charge in [0.25, 0.3) is 0 Å². The number of carbonyl (C=O) groups excluding carboxylic acids is 1. The lowest BCUT2D eigenvalue weighted by Gasteiger charge is -2.28. The number of H-pyrrole nitrogens is 2. The molecule has 28 heavy (non-hydrogen) atoms. The fraction of sp³-hybridized carbons (Fsp3) is 0.227. The summed E-state index contributed by atoms with van der Waals surface area (Å²) in [6, 6.07) is 9.93. The largest absolute Gasteiger partial charge is 0.356 e. The minimum atomic E-state index is -0.0442. The van der Waals surface area contributed by atoms with Gasteiger partial charge in [0.1, 0.15) is 0 Å². The van der Waals surface area contributed by atoms with E-state index in [0.717, 1.165) is 51.2 Å². The van der Waals surface area contributed by atoms with E-state index in [9.17, 15) is 4.79 Å². The van der Waals surface area contributed by atoms with E-state index >= 15 is 0 Å². The second kappa shape index (κ2) is 6.05. The second-order valence-electron chi connectivity index (χ2n) is 8.20. The van der Waals surface area contributed by atoms with Crippen molar-refractivity contribution >= 4 is 28.1 Å². The van der Waals surface area contributed by atoms with Crippen molar-refractivity contribution in [3.63, 3.8) is 0 Å². The fourth-order valence-corrected chi connectivity index (χ4v) is 4.08. The molecule has 0 atom stereocenters. The molecular formula is C22H21N5O. The Kier molecular flexibility index (Phi) is 3.62. The van der Waals surface area contributed by atoms with Crippen LogP contribution in [0.15, 0.2) is 48.9 Å². The molecule has 0 saturated heterocycles. The van der Waals surface area contributed by atoms with E-state index in [2.05, 4.69) is 39.3 Å². The van der Waals surface area contributed by atoms with E-state index in [1.807, 2.05) is 30.3 Å². The van der Waals surface area contributed by atoms with Gasteiger partial charge >= 0.3 is 0 Å². The molecule has 0 radical (unpaired) electrons. The molecule has 0 bridgehead atoms. The molecule has 0 aliphatic heterocycles. The molecule has 5 rings (SSSR count). The van der Waals surface area contributed by atoms with Gasteiger partial charge in [-0.2, -0.15) is 5.10 Å². The molecule has 0 unspecified atom stereocenters. The summed E-state index contributed by atoms with van der Waals surface area (Å²) < 4.78 is 0. The molecule has 1 aromatic carbocycles. The minimum Gasteiger partial charge on any atom is -0.356 e. The van der Waals surface area contributed by atoms with E-state index in [1.165, 1.54) is 0 Å². The van der Waals surface area contributed by atoms with Crippen molar-refractivity contribution in [3.05, 3.63) is 60.2 Å². The number of aromatic nitrogens is 4. The average molecular weight is 371 g/mol. The number of anilines is 2. The molecule has 3 N–H and O–H groups in total. The molecule has 0 spiro atoms. The topological polar surface area (TPSA) is 86.5 Å². The first-order valence-corrected chi connectivity index (χ1v) is 9.39. The van der Waals surface area contributed by atoms with Gasteiger partial charge in [-0.1, -0.05) is 13.8 Å². The Balaban J connectivity index is 1.66. The van der Waals surface area contributed by atoms with Gasteiger partial charge in [0, 0.05) is 41.1 Å². The summed E-state index contributed by atoms with van der Waals surface area (Å²) in [5.41, 5.74) is 6.39. The van der Waals surface area contributed by atoms with Crippen LogP contribution >= 0.6 is 0 Å². The van der Waals surface area contributed by atoms with Crippen molar-refractivity contribution in [2.45, 2.75) is 26.7 Å². The molecule has 3 heterocycles. The van der Waals surface area contributed by atoms with Crippen LogP contribution in [0.25, 0.3) is 22.2 Å². The van der Waals surface area contributed by atoms with Crippen molar-refractivity contribution in [1.82, 2.24) is 20.2 Å². The van der Waals surface area contributed by atoms with Crippen LogP contribution < -0.4 is 5.32 Å². The van der Waals surface area contributed by atoms with Gasteiger partial charge < -0.3 is 10.3 Å². The van der Waals surface area contributed by atoms with E-state index in [4.69, 9.17) is 0 Å². The zero-order valence-corrected chi connectivity index (χ0v) is 15.8. The van der Waals surface area contributed by atoms with Crippen LogP contribution in [0.5, 0.6) is 0 Å². The summed E-state index contributed by atoms with van der Waals surface area (Å²) in [6.45, 7) is 4.28. The van der Waals surface area contributed by atoms with Gasteiger partial charge in [0.2, 0.25) is 0 Å². The molecular weight excluding hydrogens is 350 g/mol. The third-order valence-corrected chi connectivity index (χ3v) is 5.33. The monoisotopic (exact) mass is 371 g/mol. The molecule has 1 aliphatic carbocycles. The van der Waals surface area contributed by atoms with Crippen molar-refractivity contribution in [2.24, 2.45) is 5.41 Å². The normalized spacial score (nSPS) is 15.6. The Bertz CT molecular complexity index is 1190. The van der Waals surface area contributed by atoms with Gasteiger partial charge in [-0.05, 0) is 42.2 Å². The van der Waals surface area contributed by atoms with Crippen LogP contribution in [0.1, 0.15) is 36.3 Å². The Hall–Kier alpha value is -3.41. The molecule has 0 fully saturated rings. The Morgan fingerprint density at radius 2 is 1.93 bits per heavy atom. The fourth-order valence-electron chi connectivity index (χ4n) is 4.08. The predicted octanol–water partition coefficient (Wildman–Crippen LogP) is 4.85. The number of rotatable bonds is 3. The molecule has 0 amide bonds. The summed E-state index contributed by atoms with van der Waals surface area (Å²) in [4.78, 5) is 20.7. The Labute approximate surface area is 162 Å². The first-order chi connectivity index (χ1) is 13.5. The zero-order valence-electron chi connectivity index (χ0n) is 15.8. The van der Waals surface area contributed by atoms with Crippen LogP contribution in [0.4, 0.5) is 11.4 Å². The Morgan fingerprint density at radius 1 is 1.11 bits per heavy atom. The van der Waals surface area contributed by atoms with Gasteiger partial charge in [0.05, 0.1) is 28.7 Å². The molecule has 140 valence electrons. The van der Waals surface area contributed by atoms with Crippen molar-refractivity contribution < 1.29 is 4.79 Å². The summed E-state index contributed by atoms with van der Waals surface area (Å²) in [5, 5.41) is 11.6. The number of pyridine rings is 1. The molecule has 1 aliphatic rings. The van der Waals surface area contributed by atoms with Gasteiger partial charge in [-0.3, -0.25) is 14.9 Å². The first-order valence-electron chi connectivity index (χ1n) is 9.39. The highest BCUT2D eigenvalue weighted by molar-refractivity contribution is 6.08. The van der Waals surface area contributed by atoms with Crippen LogP contribution in [-0.2, 0) is 6.42 Å². The number of ketones is 1. The quantitative estimate of drug-likeness (QED) is 0.480. The number of hydrogen-bond donors (Lipinski definition) is 3. The van der Waals surface area contributed by atoms with E-state index in [0.29, 0.717) is 6.42 Å². The highest BCUT2D eigenvalue weighted by Crippen LogP contribution is 2.43. The summed E-state index contributed by atoms with van der Waals surface area (Å²) >= 11 is 0. The summed E-state index contributed by atoms with van der Waals surface area (Å²) in [7, 11) is 0. The number of Topliss-reactive ketones (excluding diaryl/α,β-unsaturated/α-hetero) is 1. The standard InChI is InChI=1S/C22H21N5O/c1-22(2)10-17-19(18(28)11-22)21(20(26-17)13-5-7-23-8-6-13)25-15-3-4-16-14(9-15)12-24-27-16/h3-9,12,25-26H,10-11H2,1-2H3,(H,24,27). The van der Waals surface area contributed by atoms with Gasteiger partial charge in [-0.25, -0.2) is 0 Å². The Morgan fingerprint density at radius 3 is 2.75 bits per heavy atom. The van der Waals surface area contributed by atoms with Gasteiger partial charge in [0.15, 0.2) is 5.78 Å². The number of fused-ring (bicyclic) bond motifs is 2. The zero-order chi connectivity index (χ0) is 19.3. The minimum absolute atomic E-state index is 0.0442. The molecule has 4 aromatic rings. The van der Waals surface area contributed by atoms with E-state index < -0.39 is 0 Å². The van der Waals surface area contributed by atoms with Gasteiger partial charge in [-0.15, -0.1) is 0 Å².